The van der Waals surface area contributed by atoms with Crippen molar-refractivity contribution >= 4 is 11.6 Å². The van der Waals surface area contributed by atoms with E-state index < -0.39 is 0 Å². The van der Waals surface area contributed by atoms with Crippen molar-refractivity contribution in [1.82, 2.24) is 15.1 Å². The van der Waals surface area contributed by atoms with Crippen molar-refractivity contribution in [3.8, 4) is 5.75 Å². The Morgan fingerprint density at radius 3 is 2.96 bits per heavy atom. The molecule has 128 valence electrons. The molecule has 1 aliphatic rings. The SMILES string of the molecule is CCc1nn(C)cc1C(=O)NC1CC(C)(C)Oc2ccc(N)cc21. The van der Waals surface area contributed by atoms with E-state index in [2.05, 4.69) is 10.4 Å². The number of hydrogen-bond donors (Lipinski definition) is 2. The van der Waals surface area contributed by atoms with E-state index in [1.807, 2.05) is 46.0 Å². The highest BCUT2D eigenvalue weighted by Gasteiger charge is 2.35. The predicted octanol–water partition coefficient (Wildman–Crippen LogP) is 2.60. The normalized spacial score (nSPS) is 18.6. The molecule has 0 bridgehead atoms. The van der Waals surface area contributed by atoms with Gasteiger partial charge in [-0.05, 0) is 38.5 Å². The summed E-state index contributed by atoms with van der Waals surface area (Å²) >= 11 is 0. The van der Waals surface area contributed by atoms with Gasteiger partial charge in [-0.2, -0.15) is 5.10 Å². The van der Waals surface area contributed by atoms with Crippen LogP contribution in [0.4, 0.5) is 5.69 Å². The van der Waals surface area contributed by atoms with E-state index in [1.165, 1.54) is 0 Å². The van der Waals surface area contributed by atoms with Crippen molar-refractivity contribution in [2.45, 2.75) is 45.3 Å². The van der Waals surface area contributed by atoms with Crippen LogP contribution in [-0.4, -0.2) is 21.3 Å². The number of ether oxygens (including phenoxy) is 1. The number of amides is 1. The zero-order valence-electron chi connectivity index (χ0n) is 14.6. The molecule has 0 saturated carbocycles. The molecule has 6 heteroatoms. The Bertz CT molecular complexity index is 779. The van der Waals surface area contributed by atoms with Crippen LogP contribution in [0.5, 0.6) is 5.75 Å². The van der Waals surface area contributed by atoms with Crippen LogP contribution in [-0.2, 0) is 13.5 Å². The van der Waals surface area contributed by atoms with Crippen LogP contribution in [0.15, 0.2) is 24.4 Å². The Balaban J connectivity index is 1.91. The number of hydrogen-bond acceptors (Lipinski definition) is 4. The molecular formula is C18H24N4O2. The Hall–Kier alpha value is -2.50. The van der Waals surface area contributed by atoms with E-state index in [-0.39, 0.29) is 17.6 Å². The molecule has 3 N–H and O–H groups in total. The van der Waals surface area contributed by atoms with Gasteiger partial charge in [0.1, 0.15) is 11.4 Å². The minimum Gasteiger partial charge on any atom is -0.487 e. The highest BCUT2D eigenvalue weighted by molar-refractivity contribution is 5.95. The summed E-state index contributed by atoms with van der Waals surface area (Å²) in [5.74, 6) is 0.656. The first kappa shape index (κ1) is 16.4. The van der Waals surface area contributed by atoms with Gasteiger partial charge in [-0.25, -0.2) is 0 Å². The van der Waals surface area contributed by atoms with Gasteiger partial charge in [0.25, 0.3) is 5.91 Å². The van der Waals surface area contributed by atoms with Crippen LogP contribution in [0, 0.1) is 0 Å². The van der Waals surface area contributed by atoms with E-state index in [1.54, 1.807) is 10.9 Å². The number of nitrogens with one attached hydrogen (secondary N) is 1. The molecule has 1 unspecified atom stereocenters. The maximum Gasteiger partial charge on any atom is 0.255 e. The van der Waals surface area contributed by atoms with Crippen LogP contribution in [0.2, 0.25) is 0 Å². The number of rotatable bonds is 3. The first-order chi connectivity index (χ1) is 11.3. The van der Waals surface area contributed by atoms with Gasteiger partial charge in [-0.3, -0.25) is 9.48 Å². The molecule has 0 saturated heterocycles. The van der Waals surface area contributed by atoms with Gasteiger partial charge in [-0.15, -0.1) is 0 Å². The lowest BCUT2D eigenvalue weighted by Crippen LogP contribution is -2.41. The van der Waals surface area contributed by atoms with Crippen molar-refractivity contribution in [2.24, 2.45) is 7.05 Å². The second-order valence-corrected chi connectivity index (χ2v) is 6.91. The third-order valence-electron chi connectivity index (χ3n) is 4.28. The molecular weight excluding hydrogens is 304 g/mol. The summed E-state index contributed by atoms with van der Waals surface area (Å²) in [6.07, 6.45) is 3.15. The second kappa shape index (κ2) is 5.85. The molecule has 2 aromatic rings. The maximum atomic E-state index is 12.8. The zero-order valence-corrected chi connectivity index (χ0v) is 14.6. The number of nitrogens with two attached hydrogens (primary N) is 1. The molecule has 1 aliphatic heterocycles. The van der Waals surface area contributed by atoms with Gasteiger partial charge in [0.2, 0.25) is 0 Å². The summed E-state index contributed by atoms with van der Waals surface area (Å²) in [5.41, 5.74) is 8.56. The largest absolute Gasteiger partial charge is 0.487 e. The van der Waals surface area contributed by atoms with E-state index >= 15 is 0 Å². The zero-order chi connectivity index (χ0) is 17.5. The number of anilines is 1. The van der Waals surface area contributed by atoms with E-state index in [9.17, 15) is 4.79 Å². The highest BCUT2D eigenvalue weighted by Crippen LogP contribution is 2.40. The molecule has 1 amide bonds. The summed E-state index contributed by atoms with van der Waals surface area (Å²) in [6, 6.07) is 5.41. The van der Waals surface area contributed by atoms with E-state index in [4.69, 9.17) is 10.5 Å². The summed E-state index contributed by atoms with van der Waals surface area (Å²) in [7, 11) is 1.82. The second-order valence-electron chi connectivity index (χ2n) is 6.91. The lowest BCUT2D eigenvalue weighted by atomic mass is 9.89. The quantitative estimate of drug-likeness (QED) is 0.849. The minimum atomic E-state index is -0.358. The fourth-order valence-corrected chi connectivity index (χ4v) is 3.22. The molecule has 1 atom stereocenters. The van der Waals surface area contributed by atoms with Gasteiger partial charge in [0.05, 0.1) is 17.3 Å². The molecule has 1 aromatic heterocycles. The molecule has 2 heterocycles. The number of carbonyl (C=O) groups is 1. The van der Waals surface area contributed by atoms with Gasteiger partial charge in [0, 0.05) is 30.9 Å². The molecule has 0 aliphatic carbocycles. The molecule has 6 nitrogen and oxygen atoms in total. The van der Waals surface area contributed by atoms with Crippen LogP contribution >= 0.6 is 0 Å². The Labute approximate surface area is 142 Å². The number of aromatic nitrogens is 2. The summed E-state index contributed by atoms with van der Waals surface area (Å²) < 4.78 is 7.69. The van der Waals surface area contributed by atoms with Crippen molar-refractivity contribution in [3.05, 3.63) is 41.2 Å². The molecule has 0 radical (unpaired) electrons. The molecule has 1 aromatic carbocycles. The van der Waals surface area contributed by atoms with Gasteiger partial charge < -0.3 is 15.8 Å². The molecule has 0 spiro atoms. The fraction of sp³-hybridized carbons (Fsp3) is 0.444. The first-order valence-corrected chi connectivity index (χ1v) is 8.21. The van der Waals surface area contributed by atoms with Gasteiger partial charge in [0.15, 0.2) is 0 Å². The summed E-state index contributed by atoms with van der Waals surface area (Å²) in [6.45, 7) is 6.03. The number of benzene rings is 1. The summed E-state index contributed by atoms with van der Waals surface area (Å²) in [4.78, 5) is 12.8. The summed E-state index contributed by atoms with van der Waals surface area (Å²) in [5, 5.41) is 7.48. The van der Waals surface area contributed by atoms with E-state index in [0.29, 0.717) is 24.1 Å². The number of carbonyl (C=O) groups excluding carboxylic acids is 1. The number of nitrogen functional groups attached to an aromatic ring is 1. The minimum absolute atomic E-state index is 0.115. The molecule has 3 rings (SSSR count). The maximum absolute atomic E-state index is 12.8. The first-order valence-electron chi connectivity index (χ1n) is 8.21. The number of fused-ring (bicyclic) bond motifs is 1. The number of nitrogens with zero attached hydrogens (tertiary/aromatic N) is 2. The van der Waals surface area contributed by atoms with E-state index in [0.717, 1.165) is 17.0 Å². The van der Waals surface area contributed by atoms with Crippen LogP contribution in [0.25, 0.3) is 0 Å². The van der Waals surface area contributed by atoms with Crippen molar-refractivity contribution in [2.75, 3.05) is 5.73 Å². The predicted molar refractivity (Wildman–Crippen MR) is 93.0 cm³/mol. The van der Waals surface area contributed by atoms with Crippen LogP contribution in [0.1, 0.15) is 54.8 Å². The van der Waals surface area contributed by atoms with Crippen LogP contribution < -0.4 is 15.8 Å². The highest BCUT2D eigenvalue weighted by atomic mass is 16.5. The average molecular weight is 328 g/mol. The smallest absolute Gasteiger partial charge is 0.255 e. The van der Waals surface area contributed by atoms with Crippen molar-refractivity contribution in [3.63, 3.8) is 0 Å². The molecule has 0 fully saturated rings. The van der Waals surface area contributed by atoms with Gasteiger partial charge >= 0.3 is 0 Å². The lowest BCUT2D eigenvalue weighted by molar-refractivity contribution is 0.0620. The van der Waals surface area contributed by atoms with Gasteiger partial charge in [-0.1, -0.05) is 6.92 Å². The Morgan fingerprint density at radius 2 is 2.25 bits per heavy atom. The Morgan fingerprint density at radius 1 is 1.50 bits per heavy atom. The third kappa shape index (κ3) is 3.09. The van der Waals surface area contributed by atoms with Crippen LogP contribution in [0.3, 0.4) is 0 Å². The monoisotopic (exact) mass is 328 g/mol. The standard InChI is InChI=1S/C18H24N4O2/c1-5-14-13(10-22(4)21-14)17(23)20-15-9-18(2,3)24-16-7-6-11(19)8-12(15)16/h6-8,10,15H,5,9,19H2,1-4H3,(H,20,23). The fourth-order valence-electron chi connectivity index (χ4n) is 3.22. The Kier molecular flexibility index (Phi) is 3.99. The lowest BCUT2D eigenvalue weighted by Gasteiger charge is -2.38. The average Bonchev–Trinajstić information content (AvgIpc) is 2.88. The van der Waals surface area contributed by atoms with Crippen molar-refractivity contribution in [1.29, 1.82) is 0 Å². The molecule has 24 heavy (non-hydrogen) atoms. The topological polar surface area (TPSA) is 82.2 Å². The third-order valence-corrected chi connectivity index (χ3v) is 4.28. The van der Waals surface area contributed by atoms with Crippen molar-refractivity contribution < 1.29 is 9.53 Å². The number of aryl methyl sites for hydroxylation is 2.